The number of nitrogens with zero attached hydrogens (tertiary/aromatic N) is 1. The van der Waals surface area contributed by atoms with Gasteiger partial charge in [-0.15, -0.1) is 0 Å². The number of benzene rings is 1. The number of oxime groups is 1. The highest BCUT2D eigenvalue weighted by atomic mass is 32.2. The van der Waals surface area contributed by atoms with Crippen LogP contribution in [0.5, 0.6) is 0 Å². The molecule has 1 unspecified atom stereocenters. The molecule has 114 valence electrons. The SMILES string of the molecule is NC(Cc1ccc(NC(=O)C2CCS(=O)(=O)C2)cc1)=NO. The molecule has 1 aliphatic heterocycles. The van der Waals surface area contributed by atoms with Crippen LogP contribution in [0.15, 0.2) is 29.4 Å². The highest BCUT2D eigenvalue weighted by molar-refractivity contribution is 7.91. The summed E-state index contributed by atoms with van der Waals surface area (Å²) < 4.78 is 22.7. The minimum Gasteiger partial charge on any atom is -0.409 e. The van der Waals surface area contributed by atoms with Gasteiger partial charge in [0.1, 0.15) is 5.84 Å². The van der Waals surface area contributed by atoms with Crippen molar-refractivity contribution in [3.63, 3.8) is 0 Å². The number of nitrogens with one attached hydrogen (secondary N) is 1. The second-order valence-electron chi connectivity index (χ2n) is 5.05. The van der Waals surface area contributed by atoms with Crippen molar-refractivity contribution in [3.8, 4) is 0 Å². The third-order valence-corrected chi connectivity index (χ3v) is 5.11. The summed E-state index contributed by atoms with van der Waals surface area (Å²) in [5.41, 5.74) is 6.84. The third-order valence-electron chi connectivity index (χ3n) is 3.34. The first-order valence-electron chi connectivity index (χ1n) is 6.46. The van der Waals surface area contributed by atoms with E-state index in [9.17, 15) is 13.2 Å². The van der Waals surface area contributed by atoms with E-state index in [0.717, 1.165) is 5.56 Å². The van der Waals surface area contributed by atoms with E-state index < -0.39 is 15.8 Å². The molecule has 0 radical (unpaired) electrons. The van der Waals surface area contributed by atoms with E-state index in [1.807, 2.05) is 0 Å². The molecule has 1 aromatic rings. The van der Waals surface area contributed by atoms with E-state index >= 15 is 0 Å². The summed E-state index contributed by atoms with van der Waals surface area (Å²) in [6, 6.07) is 6.89. The molecule has 0 saturated carbocycles. The van der Waals surface area contributed by atoms with Crippen LogP contribution in [0, 0.1) is 5.92 Å². The summed E-state index contributed by atoms with van der Waals surface area (Å²) in [6.45, 7) is 0. The number of anilines is 1. The number of hydrogen-bond donors (Lipinski definition) is 3. The molecule has 8 heteroatoms. The molecular weight excluding hydrogens is 294 g/mol. The lowest BCUT2D eigenvalue weighted by atomic mass is 10.1. The summed E-state index contributed by atoms with van der Waals surface area (Å²) in [5, 5.41) is 14.1. The minimum absolute atomic E-state index is 0.0732. The summed E-state index contributed by atoms with van der Waals surface area (Å²) >= 11 is 0. The highest BCUT2D eigenvalue weighted by Crippen LogP contribution is 2.20. The molecule has 1 heterocycles. The topological polar surface area (TPSA) is 122 Å². The Hall–Kier alpha value is -2.09. The predicted molar refractivity (Wildman–Crippen MR) is 78.9 cm³/mol. The van der Waals surface area contributed by atoms with Gasteiger partial charge in [0.25, 0.3) is 0 Å². The number of nitrogens with two attached hydrogens (primary N) is 1. The van der Waals surface area contributed by atoms with Crippen molar-refractivity contribution in [2.75, 3.05) is 16.8 Å². The summed E-state index contributed by atoms with van der Waals surface area (Å²) in [5.74, 6) is -0.667. The second-order valence-corrected chi connectivity index (χ2v) is 7.28. The highest BCUT2D eigenvalue weighted by Gasteiger charge is 2.32. The number of carbonyl (C=O) groups is 1. The van der Waals surface area contributed by atoms with Crippen LogP contribution in [-0.4, -0.2) is 36.9 Å². The Morgan fingerprint density at radius 3 is 2.57 bits per heavy atom. The van der Waals surface area contributed by atoms with Crippen molar-refractivity contribution in [3.05, 3.63) is 29.8 Å². The van der Waals surface area contributed by atoms with E-state index in [0.29, 0.717) is 18.5 Å². The van der Waals surface area contributed by atoms with Crippen LogP contribution in [0.25, 0.3) is 0 Å². The number of amides is 1. The first kappa shape index (κ1) is 15.3. The number of hydrogen-bond acceptors (Lipinski definition) is 5. The van der Waals surface area contributed by atoms with E-state index in [2.05, 4.69) is 10.5 Å². The van der Waals surface area contributed by atoms with E-state index in [-0.39, 0.29) is 23.2 Å². The van der Waals surface area contributed by atoms with Gasteiger partial charge in [-0.25, -0.2) is 8.42 Å². The molecule has 1 saturated heterocycles. The molecule has 4 N–H and O–H groups in total. The zero-order valence-electron chi connectivity index (χ0n) is 11.3. The molecule has 7 nitrogen and oxygen atoms in total. The molecule has 0 aromatic heterocycles. The average Bonchev–Trinajstić information content (AvgIpc) is 2.81. The van der Waals surface area contributed by atoms with Gasteiger partial charge in [0, 0.05) is 12.1 Å². The maximum Gasteiger partial charge on any atom is 0.228 e. The van der Waals surface area contributed by atoms with Gasteiger partial charge in [-0.1, -0.05) is 17.3 Å². The molecule has 1 fully saturated rings. The largest absolute Gasteiger partial charge is 0.409 e. The quantitative estimate of drug-likeness (QED) is 0.320. The first-order valence-corrected chi connectivity index (χ1v) is 8.28. The first-order chi connectivity index (χ1) is 9.89. The number of sulfone groups is 1. The van der Waals surface area contributed by atoms with Crippen molar-refractivity contribution >= 4 is 27.3 Å². The molecule has 1 aromatic carbocycles. The van der Waals surface area contributed by atoms with E-state index in [4.69, 9.17) is 10.9 Å². The second kappa shape index (κ2) is 6.13. The molecule has 0 aliphatic carbocycles. The molecule has 1 aliphatic rings. The predicted octanol–water partition coefficient (Wildman–Crippen LogP) is 0.349. The zero-order chi connectivity index (χ0) is 15.5. The lowest BCUT2D eigenvalue weighted by Gasteiger charge is -2.10. The van der Waals surface area contributed by atoms with Crippen LogP contribution in [0.2, 0.25) is 0 Å². The van der Waals surface area contributed by atoms with Gasteiger partial charge in [0.05, 0.1) is 17.4 Å². The smallest absolute Gasteiger partial charge is 0.228 e. The van der Waals surface area contributed by atoms with Gasteiger partial charge in [0.2, 0.25) is 5.91 Å². The summed E-state index contributed by atoms with van der Waals surface area (Å²) in [6.07, 6.45) is 0.682. The molecular formula is C13H17N3O4S. The molecule has 0 bridgehead atoms. The van der Waals surface area contributed by atoms with Crippen LogP contribution < -0.4 is 11.1 Å². The summed E-state index contributed by atoms with van der Waals surface area (Å²) in [4.78, 5) is 12.0. The molecule has 2 rings (SSSR count). The Bertz CT molecular complexity index is 652. The van der Waals surface area contributed by atoms with Crippen LogP contribution >= 0.6 is 0 Å². The van der Waals surface area contributed by atoms with E-state index in [1.54, 1.807) is 24.3 Å². The Kier molecular flexibility index (Phi) is 4.46. The van der Waals surface area contributed by atoms with Gasteiger partial charge in [-0.3, -0.25) is 4.79 Å². The molecule has 0 spiro atoms. The van der Waals surface area contributed by atoms with Gasteiger partial charge in [-0.05, 0) is 24.1 Å². The molecule has 1 atom stereocenters. The standard InChI is InChI=1S/C13H17N3O4S/c14-12(16-18)7-9-1-3-11(4-2-9)15-13(17)10-5-6-21(19,20)8-10/h1-4,10,18H,5-8H2,(H2,14,16)(H,15,17). The van der Waals surface area contributed by atoms with Crippen LogP contribution in [0.3, 0.4) is 0 Å². The Balaban J connectivity index is 1.96. The van der Waals surface area contributed by atoms with Gasteiger partial charge in [-0.2, -0.15) is 0 Å². The molecule has 1 amide bonds. The van der Waals surface area contributed by atoms with Crippen molar-refractivity contribution < 1.29 is 18.4 Å². The van der Waals surface area contributed by atoms with Gasteiger partial charge >= 0.3 is 0 Å². The number of rotatable bonds is 4. The van der Waals surface area contributed by atoms with Crippen LogP contribution in [0.1, 0.15) is 12.0 Å². The Morgan fingerprint density at radius 2 is 2.05 bits per heavy atom. The van der Waals surface area contributed by atoms with Crippen molar-refractivity contribution in [2.45, 2.75) is 12.8 Å². The van der Waals surface area contributed by atoms with Crippen LogP contribution in [-0.2, 0) is 21.1 Å². The van der Waals surface area contributed by atoms with Gasteiger partial charge in [0.15, 0.2) is 9.84 Å². The Morgan fingerprint density at radius 1 is 1.38 bits per heavy atom. The Labute approximate surface area is 122 Å². The maximum absolute atomic E-state index is 12.0. The van der Waals surface area contributed by atoms with Crippen molar-refractivity contribution in [1.82, 2.24) is 0 Å². The van der Waals surface area contributed by atoms with Gasteiger partial charge < -0.3 is 16.3 Å². The average molecular weight is 311 g/mol. The monoisotopic (exact) mass is 311 g/mol. The lowest BCUT2D eigenvalue weighted by Crippen LogP contribution is -2.23. The fourth-order valence-electron chi connectivity index (χ4n) is 2.20. The fourth-order valence-corrected chi connectivity index (χ4v) is 3.94. The lowest BCUT2D eigenvalue weighted by molar-refractivity contribution is -0.119. The zero-order valence-corrected chi connectivity index (χ0v) is 12.1. The maximum atomic E-state index is 12.0. The van der Waals surface area contributed by atoms with Crippen molar-refractivity contribution in [1.29, 1.82) is 0 Å². The number of amidine groups is 1. The van der Waals surface area contributed by atoms with Crippen LogP contribution in [0.4, 0.5) is 5.69 Å². The third kappa shape index (κ3) is 4.19. The van der Waals surface area contributed by atoms with E-state index in [1.165, 1.54) is 0 Å². The fraction of sp³-hybridized carbons (Fsp3) is 0.385. The number of carbonyl (C=O) groups excluding carboxylic acids is 1. The normalized spacial score (nSPS) is 21.1. The summed E-state index contributed by atoms with van der Waals surface area (Å²) in [7, 11) is -3.07. The van der Waals surface area contributed by atoms with Crippen molar-refractivity contribution in [2.24, 2.45) is 16.8 Å². The minimum atomic E-state index is -3.07. The molecule has 21 heavy (non-hydrogen) atoms.